The summed E-state index contributed by atoms with van der Waals surface area (Å²) in [4.78, 5) is 2.62. The van der Waals surface area contributed by atoms with Gasteiger partial charge in [0.1, 0.15) is 11.6 Å². The van der Waals surface area contributed by atoms with Crippen LogP contribution in [0.4, 0.5) is 10.2 Å². The molecule has 2 aromatic rings. The Kier molecular flexibility index (Phi) is 5.33. The molecule has 2 fully saturated rings. The van der Waals surface area contributed by atoms with E-state index in [2.05, 4.69) is 34.3 Å². The van der Waals surface area contributed by atoms with Crippen LogP contribution in [-0.4, -0.2) is 40.8 Å². The van der Waals surface area contributed by atoms with Gasteiger partial charge in [0.05, 0.1) is 10.7 Å². The van der Waals surface area contributed by atoms with Gasteiger partial charge in [-0.3, -0.25) is 0 Å². The molecule has 27 heavy (non-hydrogen) atoms. The van der Waals surface area contributed by atoms with E-state index in [4.69, 9.17) is 11.6 Å². The normalized spacial score (nSPS) is 25.1. The van der Waals surface area contributed by atoms with Gasteiger partial charge in [-0.2, -0.15) is 0 Å². The van der Waals surface area contributed by atoms with Crippen LogP contribution in [0.1, 0.15) is 26.7 Å². The van der Waals surface area contributed by atoms with Crippen LogP contribution in [0, 0.1) is 23.6 Å². The van der Waals surface area contributed by atoms with Crippen molar-refractivity contribution in [2.75, 3.05) is 25.0 Å². The van der Waals surface area contributed by atoms with E-state index >= 15 is 0 Å². The lowest BCUT2D eigenvalue weighted by molar-refractivity contribution is 0.275. The Morgan fingerprint density at radius 3 is 2.52 bits per heavy atom. The molecular weight excluding hydrogens is 363 g/mol. The van der Waals surface area contributed by atoms with Crippen molar-refractivity contribution in [3.8, 4) is 11.3 Å². The molecular formula is C21H26ClFN4. The van der Waals surface area contributed by atoms with Crippen LogP contribution in [0.15, 0.2) is 30.3 Å². The van der Waals surface area contributed by atoms with Crippen molar-refractivity contribution >= 4 is 17.4 Å². The lowest BCUT2D eigenvalue weighted by Gasteiger charge is -2.21. The number of nitrogens with zero attached hydrogens (tertiary/aromatic N) is 3. The molecule has 0 radical (unpaired) electrons. The van der Waals surface area contributed by atoms with Crippen molar-refractivity contribution in [3.63, 3.8) is 0 Å². The maximum Gasteiger partial charge on any atom is 0.148 e. The zero-order valence-corrected chi connectivity index (χ0v) is 16.6. The van der Waals surface area contributed by atoms with Gasteiger partial charge in [0.15, 0.2) is 0 Å². The predicted molar refractivity (Wildman–Crippen MR) is 107 cm³/mol. The molecule has 1 aliphatic heterocycles. The number of hydrogen-bond acceptors (Lipinski definition) is 4. The first-order valence-corrected chi connectivity index (χ1v) is 10.1. The Bertz CT molecular complexity index is 781. The fraction of sp³-hybridized carbons (Fsp3) is 0.524. The molecule has 2 heterocycles. The largest absolute Gasteiger partial charge is 0.366 e. The number of rotatable bonds is 5. The van der Waals surface area contributed by atoms with Gasteiger partial charge in [0.25, 0.3) is 0 Å². The highest BCUT2D eigenvalue weighted by molar-refractivity contribution is 6.33. The minimum atomic E-state index is -0.331. The smallest absolute Gasteiger partial charge is 0.148 e. The molecule has 0 bridgehead atoms. The Morgan fingerprint density at radius 2 is 1.89 bits per heavy atom. The van der Waals surface area contributed by atoms with Crippen molar-refractivity contribution in [3.05, 3.63) is 41.2 Å². The van der Waals surface area contributed by atoms with Crippen molar-refractivity contribution in [1.29, 1.82) is 0 Å². The zero-order valence-electron chi connectivity index (χ0n) is 15.8. The number of benzene rings is 1. The predicted octanol–water partition coefficient (Wildman–Crippen LogP) is 4.71. The summed E-state index contributed by atoms with van der Waals surface area (Å²) in [5.41, 5.74) is 1.15. The fourth-order valence-corrected chi connectivity index (χ4v) is 4.85. The summed E-state index contributed by atoms with van der Waals surface area (Å²) in [5.74, 6) is 2.76. The van der Waals surface area contributed by atoms with Crippen molar-refractivity contribution < 1.29 is 4.39 Å². The van der Waals surface area contributed by atoms with Gasteiger partial charge >= 0.3 is 0 Å². The number of aromatic nitrogens is 2. The van der Waals surface area contributed by atoms with E-state index in [0.29, 0.717) is 22.3 Å². The minimum absolute atomic E-state index is 0.331. The molecule has 1 aromatic carbocycles. The fourth-order valence-electron chi connectivity index (χ4n) is 4.64. The Balaban J connectivity index is 1.36. The quantitative estimate of drug-likeness (QED) is 0.805. The topological polar surface area (TPSA) is 41.0 Å². The Hall–Kier alpha value is -1.72. The first-order valence-electron chi connectivity index (χ1n) is 9.76. The molecule has 0 amide bonds. The van der Waals surface area contributed by atoms with Crippen molar-refractivity contribution in [1.82, 2.24) is 15.1 Å². The molecule has 1 N–H and O–H groups in total. The van der Waals surface area contributed by atoms with E-state index < -0.39 is 0 Å². The summed E-state index contributed by atoms with van der Waals surface area (Å²) in [6, 6.07) is 8.48. The van der Waals surface area contributed by atoms with Crippen LogP contribution in [0.5, 0.6) is 0 Å². The zero-order chi connectivity index (χ0) is 19.0. The van der Waals surface area contributed by atoms with Gasteiger partial charge in [-0.15, -0.1) is 10.2 Å². The number of nitrogens with one attached hydrogen (secondary N) is 1. The third kappa shape index (κ3) is 4.25. The first kappa shape index (κ1) is 18.6. The molecule has 4 rings (SSSR count). The van der Waals surface area contributed by atoms with Gasteiger partial charge in [0, 0.05) is 31.2 Å². The first-order chi connectivity index (χ1) is 13.0. The number of likely N-dealkylation sites (tertiary alicyclic amines) is 1. The number of anilines is 1. The van der Waals surface area contributed by atoms with Crippen LogP contribution >= 0.6 is 11.6 Å². The molecule has 2 aliphatic rings. The lowest BCUT2D eigenvalue weighted by Crippen LogP contribution is -2.28. The van der Waals surface area contributed by atoms with E-state index in [0.717, 1.165) is 23.6 Å². The maximum absolute atomic E-state index is 13.5. The third-order valence-electron chi connectivity index (χ3n) is 5.67. The number of halogens is 2. The third-order valence-corrected chi connectivity index (χ3v) is 6.00. The Morgan fingerprint density at radius 1 is 1.15 bits per heavy atom. The SMILES string of the molecule is CC(C)CN1CC2CC(Nc3ccc(-c4cc(F)ccc4Cl)nn3)CC2C1. The Labute approximate surface area is 165 Å². The van der Waals surface area contributed by atoms with Gasteiger partial charge in [-0.1, -0.05) is 25.4 Å². The summed E-state index contributed by atoms with van der Waals surface area (Å²) in [6.45, 7) is 8.24. The summed E-state index contributed by atoms with van der Waals surface area (Å²) < 4.78 is 13.5. The number of fused-ring (bicyclic) bond motifs is 1. The molecule has 144 valence electrons. The molecule has 2 atom stereocenters. The summed E-state index contributed by atoms with van der Waals surface area (Å²) in [6.07, 6.45) is 2.39. The lowest BCUT2D eigenvalue weighted by atomic mass is 10.0. The molecule has 1 saturated heterocycles. The van der Waals surface area contributed by atoms with Gasteiger partial charge in [0.2, 0.25) is 0 Å². The molecule has 1 aromatic heterocycles. The summed E-state index contributed by atoms with van der Waals surface area (Å²) in [7, 11) is 0. The molecule has 1 saturated carbocycles. The van der Waals surface area contributed by atoms with Crippen LogP contribution in [-0.2, 0) is 0 Å². The van der Waals surface area contributed by atoms with E-state index in [1.54, 1.807) is 6.07 Å². The van der Waals surface area contributed by atoms with Crippen molar-refractivity contribution in [2.45, 2.75) is 32.7 Å². The van der Waals surface area contributed by atoms with E-state index in [1.807, 2.05) is 12.1 Å². The molecule has 0 spiro atoms. The molecule has 2 unspecified atom stereocenters. The summed E-state index contributed by atoms with van der Waals surface area (Å²) >= 11 is 6.15. The second-order valence-electron chi connectivity index (χ2n) is 8.37. The van der Waals surface area contributed by atoms with Crippen molar-refractivity contribution in [2.24, 2.45) is 17.8 Å². The summed E-state index contributed by atoms with van der Waals surface area (Å²) in [5, 5.41) is 12.5. The van der Waals surface area contributed by atoms with E-state index in [1.165, 1.54) is 44.6 Å². The van der Waals surface area contributed by atoms with Gasteiger partial charge < -0.3 is 10.2 Å². The maximum atomic E-state index is 13.5. The molecule has 1 aliphatic carbocycles. The second kappa shape index (κ2) is 7.72. The van der Waals surface area contributed by atoms with E-state index in [9.17, 15) is 4.39 Å². The monoisotopic (exact) mass is 388 g/mol. The van der Waals surface area contributed by atoms with Crippen LogP contribution in [0.3, 0.4) is 0 Å². The highest BCUT2D eigenvalue weighted by Gasteiger charge is 2.40. The van der Waals surface area contributed by atoms with Gasteiger partial charge in [-0.25, -0.2) is 4.39 Å². The highest BCUT2D eigenvalue weighted by atomic mass is 35.5. The van der Waals surface area contributed by atoms with E-state index in [-0.39, 0.29) is 5.82 Å². The molecule has 6 heteroatoms. The number of hydrogen-bond donors (Lipinski definition) is 1. The average Bonchev–Trinajstić information content (AvgIpc) is 3.15. The molecule has 4 nitrogen and oxygen atoms in total. The standard InChI is InChI=1S/C21H26ClFN4/c1-13(2)10-27-11-14-7-17(8-15(14)12-27)24-21-6-5-20(25-26-21)18-9-16(23)3-4-19(18)22/h3-6,9,13-15,17H,7-8,10-12H2,1-2H3,(H,24,26). The highest BCUT2D eigenvalue weighted by Crippen LogP contribution is 2.39. The van der Waals surface area contributed by atoms with Crippen LogP contribution in [0.2, 0.25) is 5.02 Å². The second-order valence-corrected chi connectivity index (χ2v) is 8.78. The van der Waals surface area contributed by atoms with Crippen LogP contribution < -0.4 is 5.32 Å². The average molecular weight is 389 g/mol. The van der Waals surface area contributed by atoms with Crippen LogP contribution in [0.25, 0.3) is 11.3 Å². The minimum Gasteiger partial charge on any atom is -0.366 e. The van der Waals surface area contributed by atoms with Gasteiger partial charge in [-0.05, 0) is 60.9 Å².